The van der Waals surface area contributed by atoms with Gasteiger partial charge in [0.1, 0.15) is 22.2 Å². The second kappa shape index (κ2) is 6.94. The lowest BCUT2D eigenvalue weighted by molar-refractivity contribution is 0.479. The van der Waals surface area contributed by atoms with E-state index in [1.807, 2.05) is 31.2 Å². The highest BCUT2D eigenvalue weighted by atomic mass is 32.2. The van der Waals surface area contributed by atoms with E-state index in [0.717, 1.165) is 17.4 Å². The highest BCUT2D eigenvalue weighted by Crippen LogP contribution is 2.26. The van der Waals surface area contributed by atoms with Crippen molar-refractivity contribution in [3.63, 3.8) is 0 Å². The molecule has 0 aliphatic rings. The van der Waals surface area contributed by atoms with Crippen LogP contribution < -0.4 is 9.46 Å². The van der Waals surface area contributed by atoms with E-state index in [1.165, 1.54) is 18.2 Å². The number of nitrogens with one attached hydrogen (secondary N) is 1. The van der Waals surface area contributed by atoms with Gasteiger partial charge in [-0.15, -0.1) is 0 Å². The molecule has 0 saturated heterocycles. The van der Waals surface area contributed by atoms with Crippen LogP contribution in [0.5, 0.6) is 11.5 Å². The summed E-state index contributed by atoms with van der Waals surface area (Å²) in [4.78, 5) is -0.393. The van der Waals surface area contributed by atoms with Gasteiger partial charge >= 0.3 is 0 Å². The second-order valence-electron chi connectivity index (χ2n) is 5.43. The third kappa shape index (κ3) is 3.97. The molecule has 0 fully saturated rings. The molecule has 1 N–H and O–H groups in total. The molecule has 3 aromatic rings. The molecule has 0 radical (unpaired) electrons. The highest BCUT2D eigenvalue weighted by Gasteiger charge is 2.18. The number of halogens is 1. The first-order valence-electron chi connectivity index (χ1n) is 7.56. The maximum Gasteiger partial charge on any atom is 0.264 e. The van der Waals surface area contributed by atoms with Crippen LogP contribution in [-0.4, -0.2) is 8.42 Å². The van der Waals surface area contributed by atoms with Crippen LogP contribution >= 0.6 is 0 Å². The number of sulfonamides is 1. The van der Waals surface area contributed by atoms with E-state index < -0.39 is 20.7 Å². The molecule has 0 saturated carbocycles. The molecule has 0 amide bonds. The Balaban J connectivity index is 1.77. The van der Waals surface area contributed by atoms with Crippen molar-refractivity contribution in [2.24, 2.45) is 0 Å². The molecule has 0 atom stereocenters. The number of benzene rings is 3. The average Bonchev–Trinajstić information content (AvgIpc) is 2.58. The minimum Gasteiger partial charge on any atom is -0.457 e. The standard InChI is InChI=1S/C19H16FNO3S/c1-14-6-2-4-8-18(14)24-16-12-10-15(11-13-16)21-25(22,23)19-9-5-3-7-17(19)20/h2-13,21H,1H3. The molecule has 0 aliphatic carbocycles. The third-order valence-electron chi connectivity index (χ3n) is 3.55. The average molecular weight is 357 g/mol. The van der Waals surface area contributed by atoms with Gasteiger partial charge < -0.3 is 4.74 Å². The fraction of sp³-hybridized carbons (Fsp3) is 0.0526. The van der Waals surface area contributed by atoms with Crippen molar-refractivity contribution in [2.75, 3.05) is 4.72 Å². The summed E-state index contributed by atoms with van der Waals surface area (Å²) in [6, 6.07) is 19.2. The molecular weight excluding hydrogens is 341 g/mol. The normalized spacial score (nSPS) is 11.1. The van der Waals surface area contributed by atoms with Crippen LogP contribution in [0.15, 0.2) is 77.7 Å². The Hall–Kier alpha value is -2.86. The third-order valence-corrected chi connectivity index (χ3v) is 4.97. The Morgan fingerprint density at radius 2 is 1.52 bits per heavy atom. The summed E-state index contributed by atoms with van der Waals surface area (Å²) < 4.78 is 46.3. The number of para-hydroxylation sites is 1. The summed E-state index contributed by atoms with van der Waals surface area (Å²) >= 11 is 0. The van der Waals surface area contributed by atoms with E-state index in [1.54, 1.807) is 24.3 Å². The van der Waals surface area contributed by atoms with E-state index in [-0.39, 0.29) is 0 Å². The largest absolute Gasteiger partial charge is 0.457 e. The van der Waals surface area contributed by atoms with E-state index in [4.69, 9.17) is 4.74 Å². The van der Waals surface area contributed by atoms with Crippen molar-refractivity contribution < 1.29 is 17.5 Å². The number of hydrogen-bond acceptors (Lipinski definition) is 3. The Kier molecular flexibility index (Phi) is 4.72. The fourth-order valence-electron chi connectivity index (χ4n) is 2.26. The summed E-state index contributed by atoms with van der Waals surface area (Å²) in [5.41, 5.74) is 1.31. The van der Waals surface area contributed by atoms with Gasteiger partial charge in [-0.3, -0.25) is 4.72 Å². The molecule has 3 aromatic carbocycles. The first kappa shape index (κ1) is 17.0. The zero-order valence-corrected chi connectivity index (χ0v) is 14.3. The highest BCUT2D eigenvalue weighted by molar-refractivity contribution is 7.92. The molecule has 0 bridgehead atoms. The fourth-order valence-corrected chi connectivity index (χ4v) is 3.40. The molecule has 0 aromatic heterocycles. The summed E-state index contributed by atoms with van der Waals surface area (Å²) in [5.74, 6) is 0.500. The van der Waals surface area contributed by atoms with Crippen molar-refractivity contribution in [3.05, 3.63) is 84.2 Å². The van der Waals surface area contributed by atoms with E-state index in [2.05, 4.69) is 4.72 Å². The lowest BCUT2D eigenvalue weighted by Crippen LogP contribution is -2.14. The van der Waals surface area contributed by atoms with Gasteiger partial charge in [0.2, 0.25) is 0 Å². The van der Waals surface area contributed by atoms with Crippen LogP contribution in [-0.2, 0) is 10.0 Å². The van der Waals surface area contributed by atoms with Crippen molar-refractivity contribution in [1.82, 2.24) is 0 Å². The van der Waals surface area contributed by atoms with Crippen LogP contribution in [0.4, 0.5) is 10.1 Å². The topological polar surface area (TPSA) is 55.4 Å². The Labute approximate surface area is 146 Å². The predicted octanol–water partition coefficient (Wildman–Crippen LogP) is 4.73. The van der Waals surface area contributed by atoms with Gasteiger partial charge in [-0.1, -0.05) is 30.3 Å². The van der Waals surface area contributed by atoms with Crippen LogP contribution in [0, 0.1) is 12.7 Å². The predicted molar refractivity (Wildman–Crippen MR) is 94.9 cm³/mol. The first-order chi connectivity index (χ1) is 12.0. The van der Waals surface area contributed by atoms with Gasteiger partial charge in [-0.05, 0) is 55.0 Å². The Morgan fingerprint density at radius 3 is 2.20 bits per heavy atom. The smallest absolute Gasteiger partial charge is 0.264 e. The zero-order valence-electron chi connectivity index (χ0n) is 13.4. The number of hydrogen-bond donors (Lipinski definition) is 1. The minimum atomic E-state index is -3.99. The van der Waals surface area contributed by atoms with Crippen LogP contribution in [0.25, 0.3) is 0 Å². The SMILES string of the molecule is Cc1ccccc1Oc1ccc(NS(=O)(=O)c2ccccc2F)cc1. The molecule has 3 rings (SSSR count). The number of anilines is 1. The minimum absolute atomic E-state index is 0.320. The maximum absolute atomic E-state index is 13.7. The number of ether oxygens (including phenoxy) is 1. The molecule has 25 heavy (non-hydrogen) atoms. The molecule has 128 valence electrons. The number of aryl methyl sites for hydroxylation is 1. The first-order valence-corrected chi connectivity index (χ1v) is 9.05. The molecule has 0 heterocycles. The lowest BCUT2D eigenvalue weighted by atomic mass is 10.2. The summed E-state index contributed by atoms with van der Waals surface area (Å²) in [5, 5.41) is 0. The van der Waals surface area contributed by atoms with Gasteiger partial charge in [0.05, 0.1) is 0 Å². The van der Waals surface area contributed by atoms with Crippen molar-refractivity contribution in [3.8, 4) is 11.5 Å². The Bertz CT molecular complexity index is 986. The molecule has 0 aliphatic heterocycles. The Morgan fingerprint density at radius 1 is 0.880 bits per heavy atom. The molecular formula is C19H16FNO3S. The summed E-state index contributed by atoms with van der Waals surface area (Å²) in [6.07, 6.45) is 0. The van der Waals surface area contributed by atoms with Gasteiger partial charge in [-0.25, -0.2) is 12.8 Å². The van der Waals surface area contributed by atoms with Crippen LogP contribution in [0.1, 0.15) is 5.56 Å². The molecule has 0 spiro atoms. The van der Waals surface area contributed by atoms with Gasteiger partial charge in [0.15, 0.2) is 0 Å². The van der Waals surface area contributed by atoms with E-state index in [0.29, 0.717) is 11.4 Å². The number of rotatable bonds is 5. The van der Waals surface area contributed by atoms with E-state index in [9.17, 15) is 12.8 Å². The van der Waals surface area contributed by atoms with Crippen molar-refractivity contribution in [1.29, 1.82) is 0 Å². The second-order valence-corrected chi connectivity index (χ2v) is 7.08. The van der Waals surface area contributed by atoms with Crippen molar-refractivity contribution >= 4 is 15.7 Å². The maximum atomic E-state index is 13.7. The lowest BCUT2D eigenvalue weighted by Gasteiger charge is -2.11. The summed E-state index contributed by atoms with van der Waals surface area (Å²) in [6.45, 7) is 1.94. The monoisotopic (exact) mass is 357 g/mol. The quantitative estimate of drug-likeness (QED) is 0.718. The molecule has 0 unspecified atom stereocenters. The van der Waals surface area contributed by atoms with Crippen molar-refractivity contribution in [2.45, 2.75) is 11.8 Å². The van der Waals surface area contributed by atoms with Crippen LogP contribution in [0.3, 0.4) is 0 Å². The zero-order chi connectivity index (χ0) is 17.9. The van der Waals surface area contributed by atoms with Gasteiger partial charge in [0, 0.05) is 5.69 Å². The van der Waals surface area contributed by atoms with Gasteiger partial charge in [-0.2, -0.15) is 0 Å². The van der Waals surface area contributed by atoms with Gasteiger partial charge in [0.25, 0.3) is 10.0 Å². The molecule has 6 heteroatoms. The summed E-state index contributed by atoms with van der Waals surface area (Å²) in [7, 11) is -3.99. The van der Waals surface area contributed by atoms with Crippen LogP contribution in [0.2, 0.25) is 0 Å². The molecule has 4 nitrogen and oxygen atoms in total. The van der Waals surface area contributed by atoms with E-state index >= 15 is 0 Å².